The van der Waals surface area contributed by atoms with E-state index in [1.54, 1.807) is 9.59 Å². The number of phenolic OH excluding ortho intramolecular Hbond substituents is 2. The highest BCUT2D eigenvalue weighted by Gasteiger charge is 2.33. The van der Waals surface area contributed by atoms with Gasteiger partial charge in [-0.1, -0.05) is 104 Å². The number of phenols is 2. The van der Waals surface area contributed by atoms with Crippen LogP contribution in [0.1, 0.15) is 115 Å². The monoisotopic (exact) mass is 656 g/mol. The van der Waals surface area contributed by atoms with E-state index in [4.69, 9.17) is 20.4 Å². The van der Waals surface area contributed by atoms with Crippen LogP contribution in [0.4, 0.5) is 0 Å². The molecule has 8 heteroatoms. The normalized spacial score (nSPS) is 12.4. The van der Waals surface area contributed by atoms with Gasteiger partial charge in [-0.05, 0) is 82.3 Å². The zero-order valence-electron chi connectivity index (χ0n) is 29.7. The molecule has 254 valence electrons. The van der Waals surface area contributed by atoms with Crippen LogP contribution in [0.3, 0.4) is 0 Å². The Morgan fingerprint density at radius 3 is 1.24 bits per heavy atom. The largest absolute Gasteiger partial charge is 0.505 e. The number of aromatic nitrogens is 6. The molecule has 0 bridgehead atoms. The fourth-order valence-corrected chi connectivity index (χ4v) is 7.13. The van der Waals surface area contributed by atoms with Gasteiger partial charge in [-0.25, -0.2) is 0 Å². The first-order chi connectivity index (χ1) is 23.5. The number of rotatable bonds is 14. The Bertz CT molecular complexity index is 1860. The SMILES string of the molecule is CCCCCC(C)(C)c1c[c]c(O)c(-n2nc3ccccc3n2)c1Cc1c(C(C)(C)CCCCC)c[c]c(O)c1-n1nc2ccccc2n1. The van der Waals surface area contributed by atoms with Crippen molar-refractivity contribution >= 4 is 22.1 Å². The van der Waals surface area contributed by atoms with Crippen molar-refractivity contribution in [1.29, 1.82) is 0 Å². The predicted molar refractivity (Wildman–Crippen MR) is 196 cm³/mol. The second-order valence-electron chi connectivity index (χ2n) is 14.6. The highest BCUT2D eigenvalue weighted by atomic mass is 16.3. The third-order valence-electron chi connectivity index (χ3n) is 9.97. The van der Waals surface area contributed by atoms with Crippen molar-refractivity contribution in [3.8, 4) is 22.9 Å². The Morgan fingerprint density at radius 1 is 0.571 bits per heavy atom. The van der Waals surface area contributed by atoms with E-state index in [1.807, 2.05) is 60.7 Å². The van der Waals surface area contributed by atoms with Gasteiger partial charge in [0.25, 0.3) is 0 Å². The summed E-state index contributed by atoms with van der Waals surface area (Å²) < 4.78 is 0. The second-order valence-corrected chi connectivity index (χ2v) is 14.6. The molecular formula is C41H48N6O2. The lowest BCUT2D eigenvalue weighted by atomic mass is 9.73. The van der Waals surface area contributed by atoms with Gasteiger partial charge in [0, 0.05) is 18.6 Å². The molecule has 0 spiro atoms. The fraction of sp³-hybridized carbons (Fsp3) is 0.415. The maximum atomic E-state index is 11.6. The summed E-state index contributed by atoms with van der Waals surface area (Å²) in [6, 6.07) is 25.6. The molecule has 2 heterocycles. The molecule has 0 aliphatic heterocycles. The first kappa shape index (κ1) is 34.2. The number of unbranched alkanes of at least 4 members (excludes halogenated alkanes) is 4. The van der Waals surface area contributed by atoms with E-state index in [-0.39, 0.29) is 22.3 Å². The van der Waals surface area contributed by atoms with Crippen LogP contribution in [0.15, 0.2) is 60.7 Å². The lowest BCUT2D eigenvalue weighted by Gasteiger charge is -2.32. The lowest BCUT2D eigenvalue weighted by Crippen LogP contribution is -2.24. The zero-order chi connectivity index (χ0) is 34.8. The molecule has 0 unspecified atom stereocenters. The molecule has 0 aliphatic rings. The van der Waals surface area contributed by atoms with Gasteiger partial charge < -0.3 is 10.2 Å². The van der Waals surface area contributed by atoms with E-state index in [0.717, 1.165) is 95.7 Å². The highest BCUT2D eigenvalue weighted by Crippen LogP contribution is 2.43. The van der Waals surface area contributed by atoms with E-state index in [9.17, 15) is 10.2 Å². The molecule has 0 saturated carbocycles. The Balaban J connectivity index is 1.63. The molecule has 6 rings (SSSR count). The fourth-order valence-electron chi connectivity index (χ4n) is 7.13. The Labute approximate surface area is 289 Å². The first-order valence-corrected chi connectivity index (χ1v) is 17.7. The quantitative estimate of drug-likeness (QED) is 0.113. The van der Waals surface area contributed by atoms with Gasteiger partial charge in [0.2, 0.25) is 0 Å². The summed E-state index contributed by atoms with van der Waals surface area (Å²) in [5.41, 5.74) is 7.29. The molecule has 0 amide bonds. The third kappa shape index (κ3) is 6.91. The Morgan fingerprint density at radius 2 is 0.918 bits per heavy atom. The van der Waals surface area contributed by atoms with Gasteiger partial charge in [-0.2, -0.15) is 0 Å². The average Bonchev–Trinajstić information content (AvgIpc) is 3.69. The zero-order valence-corrected chi connectivity index (χ0v) is 29.7. The summed E-state index contributed by atoms with van der Waals surface area (Å²) in [6.07, 6.45) is 8.98. The Hall–Kier alpha value is -4.72. The molecule has 6 aromatic rings. The highest BCUT2D eigenvalue weighted by molar-refractivity contribution is 5.75. The van der Waals surface area contributed by atoms with Crippen molar-refractivity contribution in [3.05, 3.63) is 95.1 Å². The van der Waals surface area contributed by atoms with Gasteiger partial charge in [-0.15, -0.1) is 30.0 Å². The van der Waals surface area contributed by atoms with E-state index in [1.165, 1.54) is 0 Å². The molecular weight excluding hydrogens is 608 g/mol. The molecule has 0 atom stereocenters. The van der Waals surface area contributed by atoms with Crippen molar-refractivity contribution in [1.82, 2.24) is 30.0 Å². The first-order valence-electron chi connectivity index (χ1n) is 17.7. The topological polar surface area (TPSA) is 102 Å². The van der Waals surface area contributed by atoms with E-state index < -0.39 is 0 Å². The van der Waals surface area contributed by atoms with Crippen LogP contribution in [0, 0.1) is 12.1 Å². The average molecular weight is 657 g/mol. The van der Waals surface area contributed by atoms with E-state index in [2.05, 4.69) is 53.7 Å². The van der Waals surface area contributed by atoms with Crippen molar-refractivity contribution < 1.29 is 10.2 Å². The van der Waals surface area contributed by atoms with Crippen molar-refractivity contribution in [2.75, 3.05) is 0 Å². The molecule has 2 N–H and O–H groups in total. The maximum Gasteiger partial charge on any atom is 0.151 e. The number of benzene rings is 4. The lowest BCUT2D eigenvalue weighted by molar-refractivity contribution is 0.436. The summed E-state index contributed by atoms with van der Waals surface area (Å²) in [5.74, 6) is -0.0493. The van der Waals surface area contributed by atoms with Gasteiger partial charge in [0.05, 0.1) is 0 Å². The summed E-state index contributed by atoms with van der Waals surface area (Å²) in [4.78, 5) is 3.11. The van der Waals surface area contributed by atoms with Gasteiger partial charge in [0.1, 0.15) is 33.4 Å². The van der Waals surface area contributed by atoms with Crippen LogP contribution in [0.5, 0.6) is 11.5 Å². The number of hydrogen-bond acceptors (Lipinski definition) is 6. The van der Waals surface area contributed by atoms with Crippen molar-refractivity contribution in [2.45, 2.75) is 110 Å². The molecule has 0 aliphatic carbocycles. The van der Waals surface area contributed by atoms with Gasteiger partial charge in [0.15, 0.2) is 11.5 Å². The number of nitrogens with zero attached hydrogens (tertiary/aromatic N) is 6. The van der Waals surface area contributed by atoms with Gasteiger partial charge >= 0.3 is 0 Å². The molecule has 4 aromatic carbocycles. The van der Waals surface area contributed by atoms with E-state index >= 15 is 0 Å². The van der Waals surface area contributed by atoms with Crippen LogP contribution in [-0.2, 0) is 17.3 Å². The summed E-state index contributed by atoms with van der Waals surface area (Å²) in [5, 5.41) is 42.6. The van der Waals surface area contributed by atoms with Crippen LogP contribution < -0.4 is 0 Å². The van der Waals surface area contributed by atoms with E-state index in [0.29, 0.717) is 17.8 Å². The van der Waals surface area contributed by atoms with Crippen molar-refractivity contribution in [2.24, 2.45) is 0 Å². The summed E-state index contributed by atoms with van der Waals surface area (Å²) >= 11 is 0. The second kappa shape index (κ2) is 14.0. The van der Waals surface area contributed by atoms with Crippen molar-refractivity contribution in [3.63, 3.8) is 0 Å². The minimum Gasteiger partial charge on any atom is -0.505 e. The predicted octanol–water partition coefficient (Wildman–Crippen LogP) is 9.47. The smallest absolute Gasteiger partial charge is 0.151 e. The summed E-state index contributed by atoms with van der Waals surface area (Å²) in [7, 11) is 0. The number of fused-ring (bicyclic) bond motifs is 2. The van der Waals surface area contributed by atoms with Gasteiger partial charge in [-0.3, -0.25) is 0 Å². The van der Waals surface area contributed by atoms with Crippen LogP contribution in [0.2, 0.25) is 0 Å². The van der Waals surface area contributed by atoms with Crippen LogP contribution >= 0.6 is 0 Å². The molecule has 0 fully saturated rings. The number of aromatic hydroxyl groups is 2. The molecule has 2 aromatic heterocycles. The molecule has 8 nitrogen and oxygen atoms in total. The summed E-state index contributed by atoms with van der Waals surface area (Å²) in [6.45, 7) is 13.5. The van der Waals surface area contributed by atoms with Crippen LogP contribution in [-0.4, -0.2) is 40.2 Å². The maximum absolute atomic E-state index is 11.6. The Kier molecular flexibility index (Phi) is 9.77. The minimum atomic E-state index is -0.255. The number of hydrogen-bond donors (Lipinski definition) is 2. The van der Waals surface area contributed by atoms with Crippen LogP contribution in [0.25, 0.3) is 33.4 Å². The molecule has 0 saturated heterocycles. The minimum absolute atomic E-state index is 0.0246. The molecule has 2 radical (unpaired) electrons. The standard InChI is InChI=1S/C41H48N6O2/c1-7-9-15-25-40(3,4)30-21-23-36(48)38(46-42-32-17-11-12-18-33(32)43-46)28(30)27-29-31(41(5,6)26-16-10-8-2)22-24-37(49)39(29)47-44-34-19-13-14-20-35(34)45-47/h11-14,17-22,48-49H,7-10,15-16,25-27H2,1-6H3. The molecule has 49 heavy (non-hydrogen) atoms. The third-order valence-corrected chi connectivity index (χ3v) is 9.97.